The molecule has 0 atom stereocenters. The molecule has 1 heterocycles. The first-order valence-electron chi connectivity index (χ1n) is 7.05. The number of benzene rings is 1. The lowest BCUT2D eigenvalue weighted by Gasteiger charge is -2.06. The summed E-state index contributed by atoms with van der Waals surface area (Å²) in [7, 11) is 0. The molecule has 4 heteroatoms. The van der Waals surface area contributed by atoms with Crippen LogP contribution in [0.15, 0.2) is 18.3 Å². The minimum Gasteiger partial charge on any atom is -0.478 e. The molecule has 2 N–H and O–H groups in total. The van der Waals surface area contributed by atoms with E-state index in [4.69, 9.17) is 5.11 Å². The van der Waals surface area contributed by atoms with E-state index in [0.29, 0.717) is 12.1 Å². The third-order valence-corrected chi connectivity index (χ3v) is 3.68. The van der Waals surface area contributed by atoms with Gasteiger partial charge in [-0.1, -0.05) is 13.3 Å². The highest BCUT2D eigenvalue weighted by atomic mass is 16.4. The van der Waals surface area contributed by atoms with E-state index >= 15 is 0 Å². The minimum atomic E-state index is -0.906. The number of hydrogen-bond acceptors (Lipinski definition) is 2. The lowest BCUT2D eigenvalue weighted by atomic mass is 10.0. The molecule has 0 unspecified atom stereocenters. The molecule has 4 nitrogen and oxygen atoms in total. The van der Waals surface area contributed by atoms with Gasteiger partial charge in [0.05, 0.1) is 12.2 Å². The summed E-state index contributed by atoms with van der Waals surface area (Å²) in [5.74, 6) is -0.906. The van der Waals surface area contributed by atoms with E-state index in [1.165, 1.54) is 5.56 Å². The standard InChI is InChI=1S/C16H21NO3/c1-3-4-5-12-10-17(6-7-18)15-9-13(16(19)20)11(2)8-14(12)15/h8-10,18H,3-7H2,1-2H3,(H,19,20). The van der Waals surface area contributed by atoms with Crippen molar-refractivity contribution >= 4 is 16.9 Å². The molecule has 0 spiro atoms. The van der Waals surface area contributed by atoms with Crippen molar-refractivity contribution in [3.63, 3.8) is 0 Å². The maximum absolute atomic E-state index is 11.3. The summed E-state index contributed by atoms with van der Waals surface area (Å²) in [6.45, 7) is 4.52. The third-order valence-electron chi connectivity index (χ3n) is 3.68. The van der Waals surface area contributed by atoms with Crippen LogP contribution in [0.5, 0.6) is 0 Å². The van der Waals surface area contributed by atoms with Crippen LogP contribution < -0.4 is 0 Å². The Morgan fingerprint density at radius 2 is 2.10 bits per heavy atom. The van der Waals surface area contributed by atoms with Gasteiger partial charge in [0.2, 0.25) is 0 Å². The average Bonchev–Trinajstić information content (AvgIpc) is 2.73. The number of aromatic nitrogens is 1. The van der Waals surface area contributed by atoms with Crippen LogP contribution in [-0.2, 0) is 13.0 Å². The minimum absolute atomic E-state index is 0.0489. The molecule has 2 rings (SSSR count). The summed E-state index contributed by atoms with van der Waals surface area (Å²) in [5.41, 5.74) is 3.24. The highest BCUT2D eigenvalue weighted by molar-refractivity contribution is 5.96. The fourth-order valence-corrected chi connectivity index (χ4v) is 2.61. The largest absolute Gasteiger partial charge is 0.478 e. The Kier molecular flexibility index (Phi) is 4.45. The van der Waals surface area contributed by atoms with Crippen LogP contribution in [-0.4, -0.2) is 27.4 Å². The van der Waals surface area contributed by atoms with Crippen molar-refractivity contribution in [2.75, 3.05) is 6.61 Å². The van der Waals surface area contributed by atoms with Crippen molar-refractivity contribution in [1.82, 2.24) is 4.57 Å². The summed E-state index contributed by atoms with van der Waals surface area (Å²) < 4.78 is 1.95. The number of aliphatic hydroxyl groups excluding tert-OH is 1. The first-order valence-corrected chi connectivity index (χ1v) is 7.05. The molecule has 2 aromatic rings. The van der Waals surface area contributed by atoms with E-state index in [1.54, 1.807) is 6.07 Å². The van der Waals surface area contributed by atoms with Gasteiger partial charge in [-0.05, 0) is 43.0 Å². The maximum atomic E-state index is 11.3. The lowest BCUT2D eigenvalue weighted by molar-refractivity contribution is 0.0696. The molecular weight excluding hydrogens is 254 g/mol. The van der Waals surface area contributed by atoms with Crippen LogP contribution in [0, 0.1) is 6.92 Å². The Hall–Kier alpha value is -1.81. The second-order valence-corrected chi connectivity index (χ2v) is 5.16. The highest BCUT2D eigenvalue weighted by Crippen LogP contribution is 2.26. The Balaban J connectivity index is 2.59. The lowest BCUT2D eigenvalue weighted by Crippen LogP contribution is -2.03. The number of aliphatic hydroxyl groups is 1. The molecule has 0 aliphatic rings. The SMILES string of the molecule is CCCCc1cn(CCO)c2cc(C(=O)O)c(C)cc12. The summed E-state index contributed by atoms with van der Waals surface area (Å²) in [6, 6.07) is 3.68. The van der Waals surface area contributed by atoms with Crippen LogP contribution in [0.25, 0.3) is 10.9 Å². The Morgan fingerprint density at radius 3 is 2.70 bits per heavy atom. The Labute approximate surface area is 118 Å². The van der Waals surface area contributed by atoms with Crippen molar-refractivity contribution in [1.29, 1.82) is 0 Å². The molecule has 0 fully saturated rings. The molecule has 0 radical (unpaired) electrons. The number of aryl methyl sites for hydroxylation is 2. The van der Waals surface area contributed by atoms with Crippen molar-refractivity contribution in [2.45, 2.75) is 39.7 Å². The second kappa shape index (κ2) is 6.09. The van der Waals surface area contributed by atoms with Crippen molar-refractivity contribution in [3.8, 4) is 0 Å². The Bertz CT molecular complexity index is 628. The van der Waals surface area contributed by atoms with Gasteiger partial charge < -0.3 is 14.8 Å². The first-order chi connectivity index (χ1) is 9.58. The summed E-state index contributed by atoms with van der Waals surface area (Å²) in [4.78, 5) is 11.3. The monoisotopic (exact) mass is 275 g/mol. The van der Waals surface area contributed by atoms with E-state index in [9.17, 15) is 9.90 Å². The number of aromatic carboxylic acids is 1. The number of rotatable bonds is 6. The number of carboxylic acid groups (broad SMARTS) is 1. The van der Waals surface area contributed by atoms with Gasteiger partial charge in [0.1, 0.15) is 0 Å². The maximum Gasteiger partial charge on any atom is 0.336 e. The molecule has 0 aliphatic heterocycles. The molecule has 20 heavy (non-hydrogen) atoms. The summed E-state index contributed by atoms with van der Waals surface area (Å²) in [5, 5.41) is 19.5. The number of unbranched alkanes of at least 4 members (excludes halogenated alkanes) is 1. The number of carbonyl (C=O) groups is 1. The van der Waals surface area contributed by atoms with Gasteiger partial charge in [-0.25, -0.2) is 4.79 Å². The van der Waals surface area contributed by atoms with Crippen LogP contribution in [0.1, 0.15) is 41.3 Å². The molecule has 0 bridgehead atoms. The first kappa shape index (κ1) is 14.6. The third kappa shape index (κ3) is 2.70. The van der Waals surface area contributed by atoms with Gasteiger partial charge in [0.15, 0.2) is 0 Å². The van der Waals surface area contributed by atoms with Crippen molar-refractivity contribution in [3.05, 3.63) is 35.0 Å². The van der Waals surface area contributed by atoms with Gasteiger partial charge in [0.25, 0.3) is 0 Å². The molecule has 0 saturated carbocycles. The predicted octanol–water partition coefficient (Wildman–Crippen LogP) is 2.98. The number of nitrogens with zero attached hydrogens (tertiary/aromatic N) is 1. The van der Waals surface area contributed by atoms with E-state index in [0.717, 1.165) is 35.7 Å². The van der Waals surface area contributed by atoms with E-state index in [2.05, 4.69) is 6.92 Å². The molecule has 1 aromatic heterocycles. The predicted molar refractivity (Wildman–Crippen MR) is 79.3 cm³/mol. The molecule has 1 aromatic carbocycles. The Morgan fingerprint density at radius 1 is 1.35 bits per heavy atom. The van der Waals surface area contributed by atoms with Crippen molar-refractivity contribution in [2.24, 2.45) is 0 Å². The second-order valence-electron chi connectivity index (χ2n) is 5.16. The zero-order valence-electron chi connectivity index (χ0n) is 12.0. The van der Waals surface area contributed by atoms with E-state index in [1.807, 2.05) is 23.8 Å². The van der Waals surface area contributed by atoms with Gasteiger partial charge >= 0.3 is 5.97 Å². The van der Waals surface area contributed by atoms with E-state index < -0.39 is 5.97 Å². The van der Waals surface area contributed by atoms with Crippen LogP contribution in [0.3, 0.4) is 0 Å². The topological polar surface area (TPSA) is 62.5 Å². The van der Waals surface area contributed by atoms with Gasteiger partial charge in [0, 0.05) is 23.6 Å². The summed E-state index contributed by atoms with van der Waals surface area (Å²) >= 11 is 0. The zero-order valence-corrected chi connectivity index (χ0v) is 12.0. The normalized spacial score (nSPS) is 11.2. The summed E-state index contributed by atoms with van der Waals surface area (Å²) in [6.07, 6.45) is 5.26. The van der Waals surface area contributed by atoms with E-state index in [-0.39, 0.29) is 6.61 Å². The van der Waals surface area contributed by atoms with Gasteiger partial charge in [-0.2, -0.15) is 0 Å². The molecule has 0 aliphatic carbocycles. The van der Waals surface area contributed by atoms with Crippen molar-refractivity contribution < 1.29 is 15.0 Å². The molecule has 108 valence electrons. The van der Waals surface area contributed by atoms with Crippen LogP contribution in [0.2, 0.25) is 0 Å². The van der Waals surface area contributed by atoms with Gasteiger partial charge in [-0.15, -0.1) is 0 Å². The van der Waals surface area contributed by atoms with Crippen LogP contribution >= 0.6 is 0 Å². The smallest absolute Gasteiger partial charge is 0.336 e. The number of hydrogen-bond donors (Lipinski definition) is 2. The average molecular weight is 275 g/mol. The zero-order chi connectivity index (χ0) is 14.7. The van der Waals surface area contributed by atoms with Gasteiger partial charge in [-0.3, -0.25) is 0 Å². The number of carboxylic acids is 1. The fourth-order valence-electron chi connectivity index (χ4n) is 2.61. The quantitative estimate of drug-likeness (QED) is 0.852. The molecule has 0 amide bonds. The van der Waals surface area contributed by atoms with Crippen LogP contribution in [0.4, 0.5) is 0 Å². The highest BCUT2D eigenvalue weighted by Gasteiger charge is 2.14. The molecular formula is C16H21NO3. The fraction of sp³-hybridized carbons (Fsp3) is 0.438. The molecule has 0 saturated heterocycles. The number of fused-ring (bicyclic) bond motifs is 1.